The Bertz CT molecular complexity index is 578. The summed E-state index contributed by atoms with van der Waals surface area (Å²) >= 11 is 0. The molecule has 0 saturated carbocycles. The zero-order valence-electron chi connectivity index (χ0n) is 12.8. The first-order valence-corrected chi connectivity index (χ1v) is 7.23. The number of amides is 1. The first-order valence-electron chi connectivity index (χ1n) is 7.23. The lowest BCUT2D eigenvalue weighted by molar-refractivity contribution is -0.121. The Balaban J connectivity index is 1.95. The smallest absolute Gasteiger partial charge is 0.224 e. The number of carbonyl (C=O) groups is 1. The van der Waals surface area contributed by atoms with E-state index >= 15 is 0 Å². The molecule has 5 nitrogen and oxygen atoms in total. The van der Waals surface area contributed by atoms with E-state index in [1.165, 1.54) is 5.56 Å². The second kappa shape index (κ2) is 7.02. The Morgan fingerprint density at radius 3 is 2.62 bits per heavy atom. The summed E-state index contributed by atoms with van der Waals surface area (Å²) in [6.45, 7) is 6.79. The van der Waals surface area contributed by atoms with Crippen LogP contribution < -0.4 is 5.32 Å². The van der Waals surface area contributed by atoms with Gasteiger partial charge in [0, 0.05) is 0 Å². The van der Waals surface area contributed by atoms with Crippen molar-refractivity contribution in [3.05, 3.63) is 47.8 Å². The van der Waals surface area contributed by atoms with Crippen LogP contribution in [-0.4, -0.2) is 26.9 Å². The fourth-order valence-electron chi connectivity index (χ4n) is 2.20. The van der Waals surface area contributed by atoms with Gasteiger partial charge in [0.05, 0.1) is 31.4 Å². The number of aryl methyl sites for hydroxylation is 1. The summed E-state index contributed by atoms with van der Waals surface area (Å²) in [5.74, 6) is 0.351. The van der Waals surface area contributed by atoms with Gasteiger partial charge in [-0.05, 0) is 18.4 Å². The first kappa shape index (κ1) is 15.2. The number of hydrogen-bond acceptors (Lipinski definition) is 3. The third kappa shape index (κ3) is 4.70. The van der Waals surface area contributed by atoms with Crippen molar-refractivity contribution in [3.63, 3.8) is 0 Å². The van der Waals surface area contributed by atoms with Crippen molar-refractivity contribution < 1.29 is 4.79 Å². The molecule has 1 aromatic heterocycles. The molecule has 2 aromatic rings. The van der Waals surface area contributed by atoms with Crippen molar-refractivity contribution in [2.24, 2.45) is 5.92 Å². The minimum absolute atomic E-state index is 0.0229. The number of nitrogens with one attached hydrogen (secondary N) is 1. The summed E-state index contributed by atoms with van der Waals surface area (Å²) in [5.41, 5.74) is 2.20. The summed E-state index contributed by atoms with van der Waals surface area (Å²) < 4.78 is 0. The van der Waals surface area contributed by atoms with Gasteiger partial charge in [-0.2, -0.15) is 15.0 Å². The van der Waals surface area contributed by atoms with Crippen molar-refractivity contribution in [2.75, 3.05) is 0 Å². The van der Waals surface area contributed by atoms with Crippen LogP contribution >= 0.6 is 0 Å². The highest BCUT2D eigenvalue weighted by Gasteiger charge is 2.17. The van der Waals surface area contributed by atoms with Gasteiger partial charge in [-0.3, -0.25) is 4.79 Å². The minimum atomic E-state index is 0.0229. The van der Waals surface area contributed by atoms with E-state index in [2.05, 4.69) is 29.4 Å². The number of aromatic nitrogens is 3. The summed E-state index contributed by atoms with van der Waals surface area (Å²) in [4.78, 5) is 13.8. The second-order valence-electron chi connectivity index (χ2n) is 5.67. The Labute approximate surface area is 125 Å². The van der Waals surface area contributed by atoms with Gasteiger partial charge in [-0.15, -0.1) is 0 Å². The van der Waals surface area contributed by atoms with Gasteiger partial charge in [-0.25, -0.2) is 0 Å². The van der Waals surface area contributed by atoms with Crippen LogP contribution in [0.5, 0.6) is 0 Å². The molecule has 1 atom stereocenters. The number of carbonyl (C=O) groups excluding carboxylic acids is 1. The molecule has 0 unspecified atom stereocenters. The van der Waals surface area contributed by atoms with Crippen LogP contribution in [-0.2, 0) is 17.8 Å². The third-order valence-electron chi connectivity index (χ3n) is 3.42. The highest BCUT2D eigenvalue weighted by atomic mass is 16.1. The summed E-state index contributed by atoms with van der Waals surface area (Å²) in [6, 6.07) is 8.05. The molecule has 0 saturated heterocycles. The van der Waals surface area contributed by atoms with Gasteiger partial charge in [0.15, 0.2) is 0 Å². The fraction of sp³-hybridized carbons (Fsp3) is 0.438. The van der Waals surface area contributed by atoms with E-state index in [0.29, 0.717) is 18.9 Å². The molecule has 0 radical (unpaired) electrons. The van der Waals surface area contributed by atoms with Gasteiger partial charge < -0.3 is 5.32 Å². The maximum absolute atomic E-state index is 12.2. The minimum Gasteiger partial charge on any atom is -0.351 e. The Kier molecular flexibility index (Phi) is 5.09. The lowest BCUT2D eigenvalue weighted by atomic mass is 10.0. The van der Waals surface area contributed by atoms with Crippen LogP contribution in [0, 0.1) is 12.8 Å². The number of benzene rings is 1. The van der Waals surface area contributed by atoms with Gasteiger partial charge >= 0.3 is 0 Å². The lowest BCUT2D eigenvalue weighted by Gasteiger charge is -2.21. The molecule has 0 aliphatic heterocycles. The van der Waals surface area contributed by atoms with Crippen molar-refractivity contribution in [1.82, 2.24) is 20.3 Å². The summed E-state index contributed by atoms with van der Waals surface area (Å²) in [7, 11) is 0. The van der Waals surface area contributed by atoms with E-state index in [4.69, 9.17) is 0 Å². The van der Waals surface area contributed by atoms with Crippen molar-refractivity contribution in [2.45, 2.75) is 39.8 Å². The zero-order valence-corrected chi connectivity index (χ0v) is 12.8. The molecule has 1 aromatic carbocycles. The average Bonchev–Trinajstić information content (AvgIpc) is 2.90. The molecular formula is C16H22N4O. The van der Waals surface area contributed by atoms with Crippen LogP contribution in [0.25, 0.3) is 0 Å². The quantitative estimate of drug-likeness (QED) is 0.883. The SMILES string of the molecule is Cc1cccc(CC(=O)N[C@@H](Cn2nccn2)C(C)C)c1. The van der Waals surface area contributed by atoms with Crippen molar-refractivity contribution in [3.8, 4) is 0 Å². The lowest BCUT2D eigenvalue weighted by Crippen LogP contribution is -2.42. The van der Waals surface area contributed by atoms with E-state index in [1.807, 2.05) is 31.2 Å². The van der Waals surface area contributed by atoms with Crippen LogP contribution in [0.2, 0.25) is 0 Å². The van der Waals surface area contributed by atoms with Gasteiger partial charge in [-0.1, -0.05) is 43.7 Å². The molecule has 1 N–H and O–H groups in total. The Morgan fingerprint density at radius 2 is 2.00 bits per heavy atom. The third-order valence-corrected chi connectivity index (χ3v) is 3.42. The molecule has 2 rings (SSSR count). The maximum Gasteiger partial charge on any atom is 0.224 e. The molecular weight excluding hydrogens is 264 g/mol. The summed E-state index contributed by atoms with van der Waals surface area (Å²) in [5, 5.41) is 11.3. The van der Waals surface area contributed by atoms with Gasteiger partial charge in [0.2, 0.25) is 5.91 Å². The number of rotatable bonds is 6. The van der Waals surface area contributed by atoms with Crippen LogP contribution in [0.3, 0.4) is 0 Å². The van der Waals surface area contributed by atoms with Crippen molar-refractivity contribution in [1.29, 1.82) is 0 Å². The molecule has 0 fully saturated rings. The largest absolute Gasteiger partial charge is 0.351 e. The number of hydrogen-bond donors (Lipinski definition) is 1. The van der Waals surface area contributed by atoms with Crippen molar-refractivity contribution >= 4 is 5.91 Å². The average molecular weight is 286 g/mol. The molecule has 0 bridgehead atoms. The number of nitrogens with zero attached hydrogens (tertiary/aromatic N) is 3. The molecule has 0 spiro atoms. The second-order valence-corrected chi connectivity index (χ2v) is 5.67. The molecule has 112 valence electrons. The topological polar surface area (TPSA) is 59.8 Å². The Hall–Kier alpha value is -2.17. The van der Waals surface area contributed by atoms with Crippen LogP contribution in [0.15, 0.2) is 36.7 Å². The maximum atomic E-state index is 12.2. The van der Waals surface area contributed by atoms with Crippen LogP contribution in [0.4, 0.5) is 0 Å². The van der Waals surface area contributed by atoms with Gasteiger partial charge in [0.1, 0.15) is 0 Å². The van der Waals surface area contributed by atoms with E-state index < -0.39 is 0 Å². The Morgan fingerprint density at radius 1 is 1.29 bits per heavy atom. The predicted molar refractivity (Wildman–Crippen MR) is 81.7 cm³/mol. The van der Waals surface area contributed by atoms with Crippen LogP contribution in [0.1, 0.15) is 25.0 Å². The van der Waals surface area contributed by atoms with E-state index in [9.17, 15) is 4.79 Å². The van der Waals surface area contributed by atoms with Gasteiger partial charge in [0.25, 0.3) is 0 Å². The molecule has 0 aliphatic rings. The van der Waals surface area contributed by atoms with E-state index in [1.54, 1.807) is 17.2 Å². The monoisotopic (exact) mass is 286 g/mol. The predicted octanol–water partition coefficient (Wildman–Crippen LogP) is 1.97. The normalized spacial score (nSPS) is 12.4. The molecule has 1 heterocycles. The van der Waals surface area contributed by atoms with E-state index in [-0.39, 0.29) is 11.9 Å². The molecule has 5 heteroatoms. The first-order chi connectivity index (χ1) is 10.0. The highest BCUT2D eigenvalue weighted by molar-refractivity contribution is 5.78. The standard InChI is InChI=1S/C16H22N4O/c1-12(2)15(11-20-17-7-8-18-20)19-16(21)10-14-6-4-5-13(3)9-14/h4-9,12,15H,10-11H2,1-3H3,(H,19,21)/t15-/m0/s1. The summed E-state index contributed by atoms with van der Waals surface area (Å²) in [6.07, 6.45) is 3.69. The molecule has 0 aliphatic carbocycles. The molecule has 1 amide bonds. The highest BCUT2D eigenvalue weighted by Crippen LogP contribution is 2.07. The zero-order chi connectivity index (χ0) is 15.2. The molecule has 21 heavy (non-hydrogen) atoms. The fourth-order valence-corrected chi connectivity index (χ4v) is 2.20. The van der Waals surface area contributed by atoms with E-state index in [0.717, 1.165) is 5.56 Å².